The van der Waals surface area contributed by atoms with Crippen molar-refractivity contribution in [1.82, 2.24) is 0 Å². The first kappa shape index (κ1) is 29.5. The molecule has 0 bridgehead atoms. The van der Waals surface area contributed by atoms with Crippen LogP contribution in [0, 0.1) is 0 Å². The van der Waals surface area contributed by atoms with Gasteiger partial charge in [0.2, 0.25) is 0 Å². The second kappa shape index (κ2) is 26.3. The van der Waals surface area contributed by atoms with Gasteiger partial charge in [0.15, 0.2) is 0 Å². The van der Waals surface area contributed by atoms with Crippen molar-refractivity contribution >= 4 is 36.7 Å². The summed E-state index contributed by atoms with van der Waals surface area (Å²) < 4.78 is 5.16. The quantitative estimate of drug-likeness (QED) is 0.101. The first-order valence-electron chi connectivity index (χ1n) is 12.2. The Morgan fingerprint density at radius 2 is 0.577 bits per heavy atom. The molecule has 159 valence electrons. The molecule has 0 aliphatic heterocycles. The summed E-state index contributed by atoms with van der Waals surface area (Å²) in [6.45, 7) is 6.98. The van der Waals surface area contributed by atoms with Crippen LogP contribution in [0.2, 0.25) is 13.3 Å². The average Bonchev–Trinajstić information content (AvgIpc) is 2.63. The first-order chi connectivity index (χ1) is 12.3. The van der Waals surface area contributed by atoms with Gasteiger partial charge in [0.1, 0.15) is 0 Å². The molecule has 1 radical (unpaired) electrons. The van der Waals surface area contributed by atoms with Gasteiger partial charge in [-0.3, -0.25) is 0 Å². The third-order valence-electron chi connectivity index (χ3n) is 5.65. The molecule has 26 heavy (non-hydrogen) atoms. The molecule has 0 aromatic carbocycles. The zero-order valence-electron chi connectivity index (χ0n) is 18.8. The molecular weight excluding hydrogens is 487 g/mol. The average molecular weight is 539 g/mol. The van der Waals surface area contributed by atoms with Gasteiger partial charge in [0.25, 0.3) is 0 Å². The third kappa shape index (κ3) is 23.3. The second-order valence-electron chi connectivity index (χ2n) is 8.30. The summed E-state index contributed by atoms with van der Waals surface area (Å²) in [6.07, 6.45) is 26.9. The van der Waals surface area contributed by atoms with E-state index in [0.717, 1.165) is 0 Å². The molecule has 0 heterocycles. The molecule has 0 aliphatic rings. The van der Waals surface area contributed by atoms with Gasteiger partial charge in [-0.05, 0) is 0 Å². The summed E-state index contributed by atoms with van der Waals surface area (Å²) in [7, 11) is 0. The van der Waals surface area contributed by atoms with E-state index in [-0.39, 0.29) is 17.0 Å². The molecule has 0 saturated carbocycles. The maximum absolute atomic E-state index is 2.33. The van der Waals surface area contributed by atoms with E-state index in [1.165, 1.54) is 96.3 Å². The van der Waals surface area contributed by atoms with Gasteiger partial charge >= 0.3 is 169 Å². The van der Waals surface area contributed by atoms with Crippen molar-refractivity contribution < 1.29 is 0 Å². The van der Waals surface area contributed by atoms with E-state index in [4.69, 9.17) is 0 Å². The van der Waals surface area contributed by atoms with Gasteiger partial charge in [-0.1, -0.05) is 0 Å². The van der Waals surface area contributed by atoms with Gasteiger partial charge in [0.05, 0.1) is 0 Å². The second-order valence-corrected chi connectivity index (χ2v) is 16.9. The molecule has 0 atom stereocenters. The summed E-state index contributed by atoms with van der Waals surface area (Å²) in [5.41, 5.74) is 0. The third-order valence-corrected chi connectivity index (χ3v) is 14.7. The fraction of sp³-hybridized carbons (Fsp3) is 1.00. The van der Waals surface area contributed by atoms with Crippen molar-refractivity contribution in [1.29, 1.82) is 0 Å². The van der Waals surface area contributed by atoms with Crippen molar-refractivity contribution in [3.05, 3.63) is 0 Å². The Labute approximate surface area is 185 Å². The predicted octanol–water partition coefficient (Wildman–Crippen LogP) is 10.1. The van der Waals surface area contributed by atoms with Crippen LogP contribution in [-0.2, 0) is 0 Å². The van der Waals surface area contributed by atoms with Gasteiger partial charge in [-0.2, -0.15) is 0 Å². The Kier molecular flexibility index (Phi) is 29.8. The van der Waals surface area contributed by atoms with E-state index in [0.29, 0.717) is 0 Å². The summed E-state index contributed by atoms with van der Waals surface area (Å²) in [4.78, 5) is 0. The van der Waals surface area contributed by atoms with Crippen LogP contribution in [0.4, 0.5) is 0 Å². The van der Waals surface area contributed by atoms with E-state index < -0.39 is 19.8 Å². The number of rotatable bonds is 21. The molecule has 0 aliphatic carbocycles. The van der Waals surface area contributed by atoms with E-state index >= 15 is 0 Å². The fourth-order valence-electron chi connectivity index (χ4n) is 3.84. The molecule has 0 spiro atoms. The molecule has 0 fully saturated rings. The van der Waals surface area contributed by atoms with Crippen molar-refractivity contribution in [2.75, 3.05) is 0 Å². The first-order valence-corrected chi connectivity index (χ1v) is 18.2. The molecular formula is C24H52BrSn. The summed E-state index contributed by atoms with van der Waals surface area (Å²) in [6, 6.07) is 0. The zero-order chi connectivity index (χ0) is 18.4. The van der Waals surface area contributed by atoms with Crippen LogP contribution in [0.3, 0.4) is 0 Å². The van der Waals surface area contributed by atoms with Gasteiger partial charge in [-0.25, -0.2) is 0 Å². The molecule has 0 unspecified atom stereocenters. The number of hydrogen-bond donors (Lipinski definition) is 0. The Hall–Kier alpha value is 1.28. The Morgan fingerprint density at radius 3 is 0.846 bits per heavy atom. The van der Waals surface area contributed by atoms with Crippen LogP contribution in [-0.4, -0.2) is 19.8 Å². The van der Waals surface area contributed by atoms with Crippen LogP contribution in [0.15, 0.2) is 0 Å². The van der Waals surface area contributed by atoms with Crippen LogP contribution in [0.25, 0.3) is 0 Å². The number of hydrogen-bond acceptors (Lipinski definition) is 0. The molecule has 0 amide bonds. The normalized spacial score (nSPS) is 11.1. The SMILES string of the molecule is Br.CCCCCCC[CH2][Sn]([CH2]CCCCCCC)[CH2]CCCCCCC. The molecule has 2 heteroatoms. The fourth-order valence-corrected chi connectivity index (χ4v) is 12.4. The molecule has 0 rings (SSSR count). The van der Waals surface area contributed by atoms with E-state index in [9.17, 15) is 0 Å². The Bertz CT molecular complexity index is 194. The number of halogens is 1. The van der Waals surface area contributed by atoms with E-state index in [2.05, 4.69) is 20.8 Å². The van der Waals surface area contributed by atoms with E-state index in [1.54, 1.807) is 32.6 Å². The summed E-state index contributed by atoms with van der Waals surface area (Å²) >= 11 is -1.02. The van der Waals surface area contributed by atoms with Crippen LogP contribution in [0.1, 0.15) is 136 Å². The van der Waals surface area contributed by atoms with Crippen molar-refractivity contribution in [2.45, 2.75) is 150 Å². The van der Waals surface area contributed by atoms with Crippen molar-refractivity contribution in [3.8, 4) is 0 Å². The minimum absolute atomic E-state index is 0. The Balaban J connectivity index is 0. The summed E-state index contributed by atoms with van der Waals surface area (Å²) in [5, 5.41) is 0. The van der Waals surface area contributed by atoms with Crippen LogP contribution >= 0.6 is 17.0 Å². The molecule has 0 aromatic heterocycles. The van der Waals surface area contributed by atoms with Crippen LogP contribution < -0.4 is 0 Å². The van der Waals surface area contributed by atoms with Gasteiger partial charge < -0.3 is 0 Å². The predicted molar refractivity (Wildman–Crippen MR) is 131 cm³/mol. The van der Waals surface area contributed by atoms with Gasteiger partial charge in [0, 0.05) is 0 Å². The van der Waals surface area contributed by atoms with Crippen molar-refractivity contribution in [3.63, 3.8) is 0 Å². The molecule has 0 nitrogen and oxygen atoms in total. The van der Waals surface area contributed by atoms with Gasteiger partial charge in [-0.15, -0.1) is 17.0 Å². The topological polar surface area (TPSA) is 0 Å². The monoisotopic (exact) mass is 539 g/mol. The Morgan fingerprint density at radius 1 is 0.346 bits per heavy atom. The summed E-state index contributed by atoms with van der Waals surface area (Å²) in [5.74, 6) is 0. The minimum atomic E-state index is -1.02. The molecule has 0 N–H and O–H groups in total. The standard InChI is InChI=1S/3C8H17.BrH.Sn/c3*1-3-5-7-8-6-4-2;;/h3*1,3-8H2,2H3;1H;. The molecule has 0 saturated heterocycles. The maximum atomic E-state index is 2.33. The van der Waals surface area contributed by atoms with E-state index in [1.807, 2.05) is 0 Å². The van der Waals surface area contributed by atoms with Crippen LogP contribution in [0.5, 0.6) is 0 Å². The zero-order valence-corrected chi connectivity index (χ0v) is 23.3. The van der Waals surface area contributed by atoms with Crippen molar-refractivity contribution in [2.24, 2.45) is 0 Å². The number of unbranched alkanes of at least 4 members (excludes halogenated alkanes) is 15. The molecule has 0 aromatic rings.